The highest BCUT2D eigenvalue weighted by atomic mass is 35.5. The van der Waals surface area contributed by atoms with Crippen LogP contribution in [0.4, 0.5) is 10.1 Å². The van der Waals surface area contributed by atoms with Gasteiger partial charge in [-0.3, -0.25) is 14.6 Å². The first kappa shape index (κ1) is 39.6. The summed E-state index contributed by atoms with van der Waals surface area (Å²) < 4.78 is 33.0. The van der Waals surface area contributed by atoms with Crippen molar-refractivity contribution in [1.29, 1.82) is 0 Å². The summed E-state index contributed by atoms with van der Waals surface area (Å²) in [5.41, 5.74) is 2.91. The summed E-state index contributed by atoms with van der Waals surface area (Å²) in [6.07, 6.45) is 0.205. The van der Waals surface area contributed by atoms with Crippen molar-refractivity contribution in [3.63, 3.8) is 0 Å². The molecule has 0 unspecified atom stereocenters. The monoisotopic (exact) mass is 738 g/mol. The van der Waals surface area contributed by atoms with Crippen molar-refractivity contribution in [2.45, 2.75) is 58.9 Å². The number of aromatic nitrogens is 1. The van der Waals surface area contributed by atoms with Crippen LogP contribution in [0.5, 0.6) is 11.5 Å². The molecule has 5 rings (SSSR count). The Balaban J connectivity index is 0.00000583. The first-order chi connectivity index (χ1) is 24.0. The number of anilines is 1. The Kier molecular flexibility index (Phi) is 14.2. The van der Waals surface area contributed by atoms with Crippen molar-refractivity contribution in [2.24, 2.45) is 5.41 Å². The van der Waals surface area contributed by atoms with Gasteiger partial charge in [0.2, 0.25) is 5.91 Å². The number of halogens is 3. The predicted molar refractivity (Wildman–Crippen MR) is 199 cm³/mol. The van der Waals surface area contributed by atoms with E-state index in [0.717, 1.165) is 18.7 Å². The number of fused-ring (bicyclic) bond motifs is 1. The van der Waals surface area contributed by atoms with Gasteiger partial charge in [-0.1, -0.05) is 68.8 Å². The van der Waals surface area contributed by atoms with Gasteiger partial charge in [0.25, 0.3) is 5.91 Å². The summed E-state index contributed by atoms with van der Waals surface area (Å²) >= 11 is 6.57. The lowest BCUT2D eigenvalue weighted by atomic mass is 9.94. The van der Waals surface area contributed by atoms with E-state index in [1.54, 1.807) is 48.5 Å². The number of hydrogen-bond donors (Lipinski definition) is 2. The molecule has 12 heteroatoms. The van der Waals surface area contributed by atoms with Crippen LogP contribution in [0.3, 0.4) is 0 Å². The molecule has 51 heavy (non-hydrogen) atoms. The van der Waals surface area contributed by atoms with Crippen LogP contribution in [0.15, 0.2) is 85.1 Å². The van der Waals surface area contributed by atoms with Crippen LogP contribution < -0.4 is 25.0 Å². The van der Waals surface area contributed by atoms with Gasteiger partial charge in [-0.25, -0.2) is 4.39 Å². The van der Waals surface area contributed by atoms with E-state index in [9.17, 15) is 14.0 Å². The van der Waals surface area contributed by atoms with Crippen LogP contribution in [0.2, 0.25) is 5.02 Å². The normalized spacial score (nSPS) is 15.7. The Hall–Kier alpha value is -4.22. The van der Waals surface area contributed by atoms with Gasteiger partial charge in [-0.2, -0.15) is 0 Å². The Morgan fingerprint density at radius 1 is 1.02 bits per heavy atom. The van der Waals surface area contributed by atoms with Crippen molar-refractivity contribution < 1.29 is 28.2 Å². The van der Waals surface area contributed by atoms with Crippen LogP contribution >= 0.6 is 24.0 Å². The summed E-state index contributed by atoms with van der Waals surface area (Å²) in [5.74, 6) is -0.275. The Morgan fingerprint density at radius 2 is 1.80 bits per heavy atom. The summed E-state index contributed by atoms with van der Waals surface area (Å²) in [6.45, 7) is 8.25. The number of pyridine rings is 1. The second kappa shape index (κ2) is 18.3. The third-order valence-corrected chi connectivity index (χ3v) is 8.36. The fraction of sp³-hybridized carbons (Fsp3) is 0.359. The Bertz CT molecular complexity index is 1770. The molecule has 1 aliphatic heterocycles. The quantitative estimate of drug-likeness (QED) is 0.130. The van der Waals surface area contributed by atoms with Gasteiger partial charge < -0.3 is 29.7 Å². The van der Waals surface area contributed by atoms with E-state index >= 15 is 0 Å². The first-order valence-corrected chi connectivity index (χ1v) is 17.1. The molecule has 3 aromatic carbocycles. The molecule has 0 saturated carbocycles. The average Bonchev–Trinajstić information content (AvgIpc) is 3.19. The topological polar surface area (TPSA) is 102 Å². The lowest BCUT2D eigenvalue weighted by Gasteiger charge is -2.31. The van der Waals surface area contributed by atoms with Crippen LogP contribution in [0.25, 0.3) is 0 Å². The lowest BCUT2D eigenvalue weighted by Crippen LogP contribution is -2.45. The number of para-hydroxylation sites is 1. The number of nitrogens with zero attached hydrogens (tertiary/aromatic N) is 2. The molecular formula is C39H45Cl2FN4O5. The molecule has 272 valence electrons. The predicted octanol–water partition coefficient (Wildman–Crippen LogP) is 7.44. The molecule has 0 aliphatic carbocycles. The minimum Gasteiger partial charge on any atom is -0.492 e. The van der Waals surface area contributed by atoms with E-state index in [4.69, 9.17) is 25.8 Å². The molecule has 0 radical (unpaired) electrons. The number of rotatable bonds is 14. The molecule has 2 heterocycles. The number of nitrogens with one attached hydrogen (secondary N) is 2. The van der Waals surface area contributed by atoms with Crippen LogP contribution in [-0.4, -0.2) is 49.7 Å². The van der Waals surface area contributed by atoms with E-state index < -0.39 is 23.9 Å². The molecule has 0 saturated heterocycles. The number of ether oxygens (including phenoxy) is 3. The maximum absolute atomic E-state index is 14.3. The molecular weight excluding hydrogens is 694 g/mol. The van der Waals surface area contributed by atoms with Gasteiger partial charge in [0.1, 0.15) is 18.0 Å². The highest BCUT2D eigenvalue weighted by Crippen LogP contribution is 2.45. The minimum atomic E-state index is -1.17. The van der Waals surface area contributed by atoms with E-state index in [1.807, 2.05) is 63.2 Å². The van der Waals surface area contributed by atoms with Gasteiger partial charge in [-0.15, -0.1) is 12.4 Å². The Morgan fingerprint density at radius 3 is 2.53 bits per heavy atom. The largest absolute Gasteiger partial charge is 0.492 e. The van der Waals surface area contributed by atoms with Gasteiger partial charge in [-0.05, 0) is 60.8 Å². The SMILES string of the molecule is COc1c(OCCCNCc2ccccn2)cccc1[C@H]1O[C@H](CC(=O)NCc2ccccc2F)C(=O)N(CC(C)(C)C)c2ccc(Cl)cc21.Cl. The Labute approximate surface area is 310 Å². The van der Waals surface area contributed by atoms with Gasteiger partial charge in [0.15, 0.2) is 11.5 Å². The smallest absolute Gasteiger partial charge is 0.256 e. The summed E-state index contributed by atoms with van der Waals surface area (Å²) in [7, 11) is 1.56. The van der Waals surface area contributed by atoms with Gasteiger partial charge in [0.05, 0.1) is 25.8 Å². The highest BCUT2D eigenvalue weighted by Gasteiger charge is 2.40. The van der Waals surface area contributed by atoms with Gasteiger partial charge in [0, 0.05) is 53.2 Å². The number of hydrogen-bond acceptors (Lipinski definition) is 7. The minimum absolute atomic E-state index is 0. The first-order valence-electron chi connectivity index (χ1n) is 16.7. The fourth-order valence-electron chi connectivity index (χ4n) is 5.83. The van der Waals surface area contributed by atoms with E-state index in [2.05, 4.69) is 15.6 Å². The zero-order valence-electron chi connectivity index (χ0n) is 29.3. The molecule has 1 aliphatic rings. The van der Waals surface area contributed by atoms with Crippen LogP contribution in [0.1, 0.15) is 62.1 Å². The van der Waals surface area contributed by atoms with Crippen molar-refractivity contribution in [3.05, 3.63) is 118 Å². The van der Waals surface area contributed by atoms with Crippen molar-refractivity contribution in [3.8, 4) is 11.5 Å². The van der Waals surface area contributed by atoms with Crippen LogP contribution in [0, 0.1) is 11.2 Å². The number of carbonyl (C=O) groups excluding carboxylic acids is 2. The summed E-state index contributed by atoms with van der Waals surface area (Å²) in [6, 6.07) is 22.9. The molecule has 0 bridgehead atoms. The molecule has 2 amide bonds. The molecule has 2 N–H and O–H groups in total. The molecule has 2 atom stereocenters. The van der Waals surface area contributed by atoms with Crippen molar-refractivity contribution in [2.75, 3.05) is 31.7 Å². The lowest BCUT2D eigenvalue weighted by molar-refractivity contribution is -0.138. The second-order valence-corrected chi connectivity index (χ2v) is 13.8. The number of methoxy groups -OCH3 is 1. The fourth-order valence-corrected chi connectivity index (χ4v) is 6.01. The number of benzene rings is 3. The second-order valence-electron chi connectivity index (χ2n) is 13.3. The van der Waals surface area contributed by atoms with Crippen molar-refractivity contribution in [1.82, 2.24) is 15.6 Å². The summed E-state index contributed by atoms with van der Waals surface area (Å²) in [4.78, 5) is 33.6. The number of carbonyl (C=O) groups is 2. The number of amides is 2. The molecule has 0 spiro atoms. The summed E-state index contributed by atoms with van der Waals surface area (Å²) in [5, 5.41) is 6.59. The van der Waals surface area contributed by atoms with E-state index in [1.165, 1.54) is 6.07 Å². The third kappa shape index (κ3) is 10.6. The van der Waals surface area contributed by atoms with Crippen molar-refractivity contribution >= 4 is 41.5 Å². The molecule has 9 nitrogen and oxygen atoms in total. The maximum Gasteiger partial charge on any atom is 0.256 e. The van der Waals surface area contributed by atoms with E-state index in [-0.39, 0.29) is 36.7 Å². The zero-order chi connectivity index (χ0) is 35.7. The van der Waals surface area contributed by atoms with E-state index in [0.29, 0.717) is 58.6 Å². The molecule has 1 aromatic heterocycles. The molecule has 4 aromatic rings. The van der Waals surface area contributed by atoms with Gasteiger partial charge >= 0.3 is 0 Å². The van der Waals surface area contributed by atoms with Crippen LogP contribution in [-0.2, 0) is 27.4 Å². The highest BCUT2D eigenvalue weighted by molar-refractivity contribution is 6.30. The third-order valence-electron chi connectivity index (χ3n) is 8.13. The maximum atomic E-state index is 14.3. The average molecular weight is 740 g/mol. The zero-order valence-corrected chi connectivity index (χ0v) is 30.9. The molecule has 0 fully saturated rings. The standard InChI is InChI=1S/C39H44ClFN4O5.ClH/c1-39(2,3)25-45-32-17-16-27(40)21-30(32)36(50-34(38(45)47)22-35(46)44-23-26-11-5-6-14-31(26)41)29-13-9-15-33(37(29)48-4)49-20-10-18-42-24-28-12-7-8-19-43-28;/h5-9,11-17,19,21,34,36,42H,10,18,20,22-25H2,1-4H3,(H,44,46);1H/t34-,36-;/m1./s1.